The fraction of sp³-hybridized carbons (Fsp3) is 0.571. The maximum absolute atomic E-state index is 9.63. The summed E-state index contributed by atoms with van der Waals surface area (Å²) in [4.78, 5) is 2.28. The van der Waals surface area contributed by atoms with Gasteiger partial charge < -0.3 is 20.5 Å². The lowest BCUT2D eigenvalue weighted by molar-refractivity contribution is 0.136. The van der Waals surface area contributed by atoms with Crippen molar-refractivity contribution in [2.75, 3.05) is 30.3 Å². The summed E-state index contributed by atoms with van der Waals surface area (Å²) < 4.78 is 5.51. The summed E-state index contributed by atoms with van der Waals surface area (Å²) in [5.74, 6) is 1.11. The highest BCUT2D eigenvalue weighted by Crippen LogP contribution is 2.31. The third-order valence-electron chi connectivity index (χ3n) is 3.57. The summed E-state index contributed by atoms with van der Waals surface area (Å²) in [6.07, 6.45) is 0.793. The topological polar surface area (TPSA) is 58.7 Å². The monoisotopic (exact) mass is 250 g/mol. The average molecular weight is 250 g/mol. The molecule has 1 aliphatic heterocycles. The molecule has 1 heterocycles. The van der Waals surface area contributed by atoms with E-state index in [1.807, 2.05) is 32.0 Å². The number of benzene rings is 1. The molecule has 0 bridgehead atoms. The zero-order valence-electron chi connectivity index (χ0n) is 11.1. The molecule has 3 N–H and O–H groups in total. The van der Waals surface area contributed by atoms with Crippen molar-refractivity contribution >= 4 is 11.4 Å². The van der Waals surface area contributed by atoms with Gasteiger partial charge in [0.15, 0.2) is 0 Å². The molecule has 1 fully saturated rings. The number of nitrogen functional groups attached to an aromatic ring is 1. The lowest BCUT2D eigenvalue weighted by atomic mass is 10.0. The normalized spacial score (nSPS) is 21.1. The summed E-state index contributed by atoms with van der Waals surface area (Å²) in [5, 5.41) is 9.63. The fourth-order valence-corrected chi connectivity index (χ4v) is 2.42. The first kappa shape index (κ1) is 13.0. The molecular weight excluding hydrogens is 228 g/mol. The molecular formula is C14H22N2O2. The number of hydrogen-bond acceptors (Lipinski definition) is 4. The highest BCUT2D eigenvalue weighted by atomic mass is 16.5. The number of aliphatic hydroxyl groups excluding tert-OH is 1. The number of ether oxygens (including phenoxy) is 1. The van der Waals surface area contributed by atoms with Crippen LogP contribution in [0.5, 0.6) is 5.75 Å². The molecule has 1 aromatic rings. The minimum Gasteiger partial charge on any atom is -0.492 e. The molecule has 0 saturated carbocycles. The zero-order chi connectivity index (χ0) is 13.1. The first-order valence-electron chi connectivity index (χ1n) is 6.57. The van der Waals surface area contributed by atoms with Crippen LogP contribution in [0.3, 0.4) is 0 Å². The molecule has 2 rings (SSSR count). The van der Waals surface area contributed by atoms with Gasteiger partial charge in [0.25, 0.3) is 0 Å². The molecule has 4 heteroatoms. The number of anilines is 2. The van der Waals surface area contributed by atoms with Gasteiger partial charge >= 0.3 is 0 Å². The summed E-state index contributed by atoms with van der Waals surface area (Å²) in [5.41, 5.74) is 7.66. The second-order valence-electron chi connectivity index (χ2n) is 4.89. The first-order valence-corrected chi connectivity index (χ1v) is 6.57. The van der Waals surface area contributed by atoms with Gasteiger partial charge in [0.2, 0.25) is 0 Å². The second-order valence-corrected chi connectivity index (χ2v) is 4.89. The lowest BCUT2D eigenvalue weighted by Crippen LogP contribution is -2.23. The number of hydrogen-bond donors (Lipinski definition) is 2. The van der Waals surface area contributed by atoms with E-state index >= 15 is 0 Å². The Morgan fingerprint density at radius 1 is 1.56 bits per heavy atom. The van der Waals surface area contributed by atoms with Crippen LogP contribution in [0.25, 0.3) is 0 Å². The van der Waals surface area contributed by atoms with E-state index in [4.69, 9.17) is 10.5 Å². The third-order valence-corrected chi connectivity index (χ3v) is 3.57. The lowest BCUT2D eigenvalue weighted by Gasteiger charge is -2.21. The van der Waals surface area contributed by atoms with Crippen molar-refractivity contribution < 1.29 is 9.84 Å². The standard InChI is InChI=1S/C14H22N2O2/c1-3-18-14-8-12(4-5-13(14)15)16-7-6-11(9-16)10(2)17/h4-5,8,10-11,17H,3,6-7,9,15H2,1-2H3. The SMILES string of the molecule is CCOc1cc(N2CCC(C(C)O)C2)ccc1N. The van der Waals surface area contributed by atoms with E-state index in [1.165, 1.54) is 0 Å². The maximum Gasteiger partial charge on any atom is 0.144 e. The highest BCUT2D eigenvalue weighted by molar-refractivity contribution is 5.62. The van der Waals surface area contributed by atoms with Gasteiger partial charge in [-0.25, -0.2) is 0 Å². The summed E-state index contributed by atoms with van der Waals surface area (Å²) in [6.45, 7) is 6.30. The molecule has 100 valence electrons. The number of rotatable bonds is 4. The molecule has 1 aliphatic rings. The van der Waals surface area contributed by atoms with Crippen LogP contribution in [0.2, 0.25) is 0 Å². The van der Waals surface area contributed by atoms with Crippen molar-refractivity contribution in [3.05, 3.63) is 18.2 Å². The van der Waals surface area contributed by atoms with Crippen LogP contribution in [-0.4, -0.2) is 30.9 Å². The van der Waals surface area contributed by atoms with Crippen molar-refractivity contribution in [2.45, 2.75) is 26.4 Å². The molecule has 1 saturated heterocycles. The van der Waals surface area contributed by atoms with Gasteiger partial charge in [0, 0.05) is 30.8 Å². The highest BCUT2D eigenvalue weighted by Gasteiger charge is 2.26. The van der Waals surface area contributed by atoms with Gasteiger partial charge in [0.1, 0.15) is 5.75 Å². The Morgan fingerprint density at radius 3 is 2.94 bits per heavy atom. The van der Waals surface area contributed by atoms with Gasteiger partial charge in [-0.1, -0.05) is 0 Å². The number of nitrogens with zero attached hydrogens (tertiary/aromatic N) is 1. The van der Waals surface area contributed by atoms with Crippen LogP contribution in [-0.2, 0) is 0 Å². The van der Waals surface area contributed by atoms with Gasteiger partial charge in [-0.3, -0.25) is 0 Å². The summed E-state index contributed by atoms with van der Waals surface area (Å²) in [6, 6.07) is 5.89. The minimum absolute atomic E-state index is 0.241. The Labute approximate surface area is 108 Å². The quantitative estimate of drug-likeness (QED) is 0.801. The predicted octanol–water partition coefficient (Wildman–Crippen LogP) is 1.87. The number of aliphatic hydroxyl groups is 1. The van der Waals surface area contributed by atoms with E-state index in [2.05, 4.69) is 4.90 Å². The van der Waals surface area contributed by atoms with E-state index in [0.717, 1.165) is 30.9 Å². The Morgan fingerprint density at radius 2 is 2.33 bits per heavy atom. The van der Waals surface area contributed by atoms with E-state index in [0.29, 0.717) is 18.2 Å². The van der Waals surface area contributed by atoms with Crippen molar-refractivity contribution in [1.82, 2.24) is 0 Å². The molecule has 1 aromatic carbocycles. The van der Waals surface area contributed by atoms with E-state index in [-0.39, 0.29) is 6.10 Å². The third kappa shape index (κ3) is 2.70. The Hall–Kier alpha value is -1.42. The second kappa shape index (κ2) is 5.48. The predicted molar refractivity (Wildman–Crippen MR) is 74.0 cm³/mol. The van der Waals surface area contributed by atoms with Crippen LogP contribution in [0.1, 0.15) is 20.3 Å². The van der Waals surface area contributed by atoms with Crippen LogP contribution in [0, 0.1) is 5.92 Å². The average Bonchev–Trinajstić information content (AvgIpc) is 2.82. The molecule has 0 radical (unpaired) electrons. The van der Waals surface area contributed by atoms with Crippen molar-refractivity contribution in [3.8, 4) is 5.75 Å². The smallest absolute Gasteiger partial charge is 0.144 e. The molecule has 0 amide bonds. The van der Waals surface area contributed by atoms with Crippen LogP contribution in [0.15, 0.2) is 18.2 Å². The largest absolute Gasteiger partial charge is 0.492 e. The van der Waals surface area contributed by atoms with Crippen LogP contribution >= 0.6 is 0 Å². The maximum atomic E-state index is 9.63. The first-order chi connectivity index (χ1) is 8.61. The molecule has 2 unspecified atom stereocenters. The molecule has 18 heavy (non-hydrogen) atoms. The van der Waals surface area contributed by atoms with Crippen LogP contribution in [0.4, 0.5) is 11.4 Å². The number of nitrogens with two attached hydrogens (primary N) is 1. The fourth-order valence-electron chi connectivity index (χ4n) is 2.42. The van der Waals surface area contributed by atoms with Gasteiger partial charge in [-0.05, 0) is 32.4 Å². The van der Waals surface area contributed by atoms with E-state index in [9.17, 15) is 5.11 Å². The van der Waals surface area contributed by atoms with Crippen LogP contribution < -0.4 is 15.4 Å². The van der Waals surface area contributed by atoms with Crippen molar-refractivity contribution in [2.24, 2.45) is 5.92 Å². The van der Waals surface area contributed by atoms with Crippen molar-refractivity contribution in [3.63, 3.8) is 0 Å². The zero-order valence-corrected chi connectivity index (χ0v) is 11.1. The summed E-state index contributed by atoms with van der Waals surface area (Å²) in [7, 11) is 0. The molecule has 0 spiro atoms. The molecule has 2 atom stereocenters. The molecule has 0 aliphatic carbocycles. The molecule has 0 aromatic heterocycles. The Balaban J connectivity index is 2.12. The van der Waals surface area contributed by atoms with Gasteiger partial charge in [-0.2, -0.15) is 0 Å². The minimum atomic E-state index is -0.241. The Bertz CT molecular complexity index is 407. The molecule has 4 nitrogen and oxygen atoms in total. The van der Waals surface area contributed by atoms with E-state index < -0.39 is 0 Å². The van der Waals surface area contributed by atoms with Gasteiger partial charge in [-0.15, -0.1) is 0 Å². The summed E-state index contributed by atoms with van der Waals surface area (Å²) >= 11 is 0. The van der Waals surface area contributed by atoms with E-state index in [1.54, 1.807) is 0 Å². The Kier molecular flexibility index (Phi) is 3.97. The van der Waals surface area contributed by atoms with Gasteiger partial charge in [0.05, 0.1) is 18.4 Å². The van der Waals surface area contributed by atoms with Crippen molar-refractivity contribution in [1.29, 1.82) is 0 Å².